The van der Waals surface area contributed by atoms with Gasteiger partial charge >= 0.3 is 5.97 Å². The number of esters is 1. The third-order valence-electron chi connectivity index (χ3n) is 4.12. The molecule has 0 aliphatic rings. The highest BCUT2D eigenvalue weighted by Gasteiger charge is 2.15. The molecule has 0 saturated heterocycles. The summed E-state index contributed by atoms with van der Waals surface area (Å²) in [6.07, 6.45) is 0. The second kappa shape index (κ2) is 8.30. The van der Waals surface area contributed by atoms with Crippen molar-refractivity contribution < 1.29 is 14.3 Å². The van der Waals surface area contributed by atoms with Crippen LogP contribution in [0, 0.1) is 13.8 Å². The van der Waals surface area contributed by atoms with Crippen molar-refractivity contribution in [1.29, 1.82) is 0 Å². The first-order chi connectivity index (χ1) is 13.5. The molecule has 0 atom stereocenters. The molecule has 0 unspecified atom stereocenters. The highest BCUT2D eigenvalue weighted by Crippen LogP contribution is 2.20. The summed E-state index contributed by atoms with van der Waals surface area (Å²) in [4.78, 5) is 24.3. The summed E-state index contributed by atoms with van der Waals surface area (Å²) in [6.45, 7) is 4.03. The van der Waals surface area contributed by atoms with Crippen molar-refractivity contribution in [2.75, 3.05) is 17.7 Å². The van der Waals surface area contributed by atoms with Crippen molar-refractivity contribution in [1.82, 2.24) is 10.2 Å². The fourth-order valence-electron chi connectivity index (χ4n) is 2.68. The van der Waals surface area contributed by atoms with Crippen molar-refractivity contribution in [3.05, 3.63) is 77.0 Å². The molecule has 0 saturated carbocycles. The van der Waals surface area contributed by atoms with E-state index in [-0.39, 0.29) is 11.3 Å². The fourth-order valence-corrected chi connectivity index (χ4v) is 2.68. The minimum absolute atomic E-state index is 0.130. The molecule has 2 aromatic carbocycles. The Morgan fingerprint density at radius 2 is 1.71 bits per heavy atom. The van der Waals surface area contributed by atoms with E-state index in [0.29, 0.717) is 11.5 Å². The first-order valence-corrected chi connectivity index (χ1v) is 8.64. The van der Waals surface area contributed by atoms with E-state index in [1.807, 2.05) is 26.0 Å². The molecule has 0 aliphatic carbocycles. The molecule has 3 aromatic rings. The summed E-state index contributed by atoms with van der Waals surface area (Å²) in [5, 5.41) is 13.9. The highest BCUT2D eigenvalue weighted by atomic mass is 16.5. The Balaban J connectivity index is 1.73. The van der Waals surface area contributed by atoms with Crippen LogP contribution in [0.5, 0.6) is 0 Å². The van der Waals surface area contributed by atoms with Crippen LogP contribution in [0.25, 0.3) is 0 Å². The largest absolute Gasteiger partial charge is 0.465 e. The minimum Gasteiger partial charge on any atom is -0.465 e. The standard InChI is InChI=1S/C21H20N4O3/c1-13-8-9-16(14(2)12-13)22-19-11-10-18(24-25-19)20(26)23-17-7-5-4-6-15(17)21(27)28-3/h4-12H,1-3H3,(H,22,25)(H,23,26). The van der Waals surface area contributed by atoms with Crippen LogP contribution in [0.15, 0.2) is 54.6 Å². The topological polar surface area (TPSA) is 93.2 Å². The van der Waals surface area contributed by atoms with Crippen molar-refractivity contribution in [3.8, 4) is 0 Å². The van der Waals surface area contributed by atoms with E-state index in [9.17, 15) is 9.59 Å². The Morgan fingerprint density at radius 1 is 0.929 bits per heavy atom. The third-order valence-corrected chi connectivity index (χ3v) is 4.12. The van der Waals surface area contributed by atoms with Gasteiger partial charge in [-0.25, -0.2) is 4.79 Å². The monoisotopic (exact) mass is 376 g/mol. The van der Waals surface area contributed by atoms with Gasteiger partial charge in [-0.05, 0) is 49.7 Å². The molecular weight excluding hydrogens is 356 g/mol. The van der Waals surface area contributed by atoms with Gasteiger partial charge < -0.3 is 15.4 Å². The number of aromatic nitrogens is 2. The first kappa shape index (κ1) is 19.0. The van der Waals surface area contributed by atoms with Crippen molar-refractivity contribution in [2.24, 2.45) is 0 Å². The quantitative estimate of drug-likeness (QED) is 0.657. The third kappa shape index (κ3) is 4.32. The van der Waals surface area contributed by atoms with E-state index in [1.54, 1.807) is 36.4 Å². The van der Waals surface area contributed by atoms with Crippen LogP contribution in [0.1, 0.15) is 32.0 Å². The van der Waals surface area contributed by atoms with E-state index in [0.717, 1.165) is 11.3 Å². The maximum atomic E-state index is 12.5. The normalized spacial score (nSPS) is 10.2. The van der Waals surface area contributed by atoms with Crippen LogP contribution in [0.4, 0.5) is 17.2 Å². The van der Waals surface area contributed by atoms with Gasteiger partial charge in [0, 0.05) is 5.69 Å². The lowest BCUT2D eigenvalue weighted by atomic mass is 10.1. The molecule has 7 nitrogen and oxygen atoms in total. The second-order valence-corrected chi connectivity index (χ2v) is 6.24. The number of hydrogen-bond acceptors (Lipinski definition) is 6. The Hall–Kier alpha value is -3.74. The summed E-state index contributed by atoms with van der Waals surface area (Å²) in [6, 6.07) is 15.9. The number of hydrogen-bond donors (Lipinski definition) is 2. The van der Waals surface area contributed by atoms with Gasteiger partial charge in [-0.2, -0.15) is 0 Å². The fraction of sp³-hybridized carbons (Fsp3) is 0.143. The number of ether oxygens (including phenoxy) is 1. The van der Waals surface area contributed by atoms with Gasteiger partial charge in [0.2, 0.25) is 0 Å². The number of anilines is 3. The molecule has 2 N–H and O–H groups in total. The number of nitrogens with zero attached hydrogens (tertiary/aromatic N) is 2. The average Bonchev–Trinajstić information content (AvgIpc) is 2.70. The van der Waals surface area contributed by atoms with Gasteiger partial charge in [0.25, 0.3) is 5.91 Å². The van der Waals surface area contributed by atoms with Crippen LogP contribution in [-0.2, 0) is 4.74 Å². The molecule has 0 radical (unpaired) electrons. The summed E-state index contributed by atoms with van der Waals surface area (Å²) >= 11 is 0. The van der Waals surface area contributed by atoms with Gasteiger partial charge in [0.15, 0.2) is 11.5 Å². The Kier molecular flexibility index (Phi) is 5.64. The number of aryl methyl sites for hydroxylation is 2. The lowest BCUT2D eigenvalue weighted by Gasteiger charge is -2.10. The van der Waals surface area contributed by atoms with Crippen LogP contribution in [0.3, 0.4) is 0 Å². The average molecular weight is 376 g/mol. The molecule has 7 heteroatoms. The molecule has 142 valence electrons. The smallest absolute Gasteiger partial charge is 0.339 e. The number of methoxy groups -OCH3 is 1. The van der Waals surface area contributed by atoms with Crippen molar-refractivity contribution >= 4 is 29.1 Å². The maximum Gasteiger partial charge on any atom is 0.339 e. The lowest BCUT2D eigenvalue weighted by Crippen LogP contribution is -2.17. The molecule has 1 amide bonds. The summed E-state index contributed by atoms with van der Waals surface area (Å²) in [7, 11) is 1.29. The SMILES string of the molecule is COC(=O)c1ccccc1NC(=O)c1ccc(Nc2ccc(C)cc2C)nn1. The van der Waals surface area contributed by atoms with E-state index < -0.39 is 11.9 Å². The predicted molar refractivity (Wildman–Crippen MR) is 107 cm³/mol. The number of para-hydroxylation sites is 1. The zero-order valence-electron chi connectivity index (χ0n) is 15.8. The Morgan fingerprint density at radius 3 is 2.39 bits per heavy atom. The number of benzene rings is 2. The predicted octanol–water partition coefficient (Wildman–Crippen LogP) is 3.88. The van der Waals surface area contributed by atoms with E-state index >= 15 is 0 Å². The van der Waals surface area contributed by atoms with Gasteiger partial charge in [-0.3, -0.25) is 4.79 Å². The highest BCUT2D eigenvalue weighted by molar-refractivity contribution is 6.07. The van der Waals surface area contributed by atoms with E-state index in [1.165, 1.54) is 12.7 Å². The van der Waals surface area contributed by atoms with Crippen LogP contribution in [-0.4, -0.2) is 29.2 Å². The molecule has 0 fully saturated rings. The van der Waals surface area contributed by atoms with Crippen molar-refractivity contribution in [2.45, 2.75) is 13.8 Å². The molecule has 28 heavy (non-hydrogen) atoms. The summed E-state index contributed by atoms with van der Waals surface area (Å²) in [5.74, 6) is -0.476. The van der Waals surface area contributed by atoms with Gasteiger partial charge in [-0.1, -0.05) is 29.8 Å². The number of nitrogens with one attached hydrogen (secondary N) is 2. The minimum atomic E-state index is -0.532. The van der Waals surface area contributed by atoms with E-state index in [4.69, 9.17) is 4.74 Å². The number of amides is 1. The zero-order chi connectivity index (χ0) is 20.1. The molecule has 0 spiro atoms. The summed E-state index contributed by atoms with van der Waals surface area (Å²) < 4.78 is 4.73. The number of carbonyl (C=O) groups excluding carboxylic acids is 2. The van der Waals surface area contributed by atoms with E-state index in [2.05, 4.69) is 26.9 Å². The Labute approximate surface area is 162 Å². The molecular formula is C21H20N4O3. The molecule has 3 rings (SSSR count). The van der Waals surface area contributed by atoms with Crippen LogP contribution in [0.2, 0.25) is 0 Å². The molecule has 0 bridgehead atoms. The van der Waals surface area contributed by atoms with Crippen molar-refractivity contribution in [3.63, 3.8) is 0 Å². The first-order valence-electron chi connectivity index (χ1n) is 8.64. The number of carbonyl (C=O) groups is 2. The molecule has 1 aromatic heterocycles. The van der Waals surface area contributed by atoms with Gasteiger partial charge in [0.1, 0.15) is 0 Å². The maximum absolute atomic E-state index is 12.5. The summed E-state index contributed by atoms with van der Waals surface area (Å²) in [5.41, 5.74) is 3.92. The molecule has 1 heterocycles. The second-order valence-electron chi connectivity index (χ2n) is 6.24. The van der Waals surface area contributed by atoms with Gasteiger partial charge in [0.05, 0.1) is 18.4 Å². The van der Waals surface area contributed by atoms with Crippen LogP contribution < -0.4 is 10.6 Å². The van der Waals surface area contributed by atoms with Gasteiger partial charge in [-0.15, -0.1) is 10.2 Å². The molecule has 0 aliphatic heterocycles. The number of rotatable bonds is 5. The Bertz CT molecular complexity index is 1020. The lowest BCUT2D eigenvalue weighted by molar-refractivity contribution is 0.0602. The van der Waals surface area contributed by atoms with Crippen LogP contribution >= 0.6 is 0 Å². The zero-order valence-corrected chi connectivity index (χ0v) is 15.8.